The summed E-state index contributed by atoms with van der Waals surface area (Å²) in [5, 5.41) is 0. The molecule has 43 heavy (non-hydrogen) atoms. The second-order valence-corrected chi connectivity index (χ2v) is 15.7. The van der Waals surface area contributed by atoms with Crippen LogP contribution >= 0.6 is 0 Å². The van der Waals surface area contributed by atoms with Gasteiger partial charge < -0.3 is 25.8 Å². The lowest BCUT2D eigenvalue weighted by atomic mass is 9.43. The number of rotatable bonds is 15. The van der Waals surface area contributed by atoms with Gasteiger partial charge in [-0.3, -0.25) is 0 Å². The summed E-state index contributed by atoms with van der Waals surface area (Å²) in [6.45, 7) is 13.2. The van der Waals surface area contributed by atoms with E-state index in [1.165, 1.54) is 76.3 Å². The van der Waals surface area contributed by atoms with Crippen molar-refractivity contribution in [1.29, 1.82) is 0 Å². The van der Waals surface area contributed by atoms with Crippen molar-refractivity contribution in [2.75, 3.05) is 39.9 Å². The first-order valence-electron chi connectivity index (χ1n) is 18.2. The number of benzene rings is 1. The molecule has 0 heterocycles. The van der Waals surface area contributed by atoms with Gasteiger partial charge in [-0.15, -0.1) is 0 Å². The van der Waals surface area contributed by atoms with E-state index in [1.807, 2.05) is 0 Å². The molecule has 4 aliphatic rings. The van der Waals surface area contributed by atoms with E-state index in [9.17, 15) is 0 Å². The van der Waals surface area contributed by atoms with Gasteiger partial charge in [0.15, 0.2) is 0 Å². The first-order valence-corrected chi connectivity index (χ1v) is 18.2. The quantitative estimate of drug-likeness (QED) is 0.209. The Kier molecular flexibility index (Phi) is 11.7. The Labute approximate surface area is 264 Å². The van der Waals surface area contributed by atoms with Crippen LogP contribution in [0.4, 0.5) is 0 Å². The van der Waals surface area contributed by atoms with Gasteiger partial charge in [-0.05, 0) is 156 Å². The molecular weight excluding hydrogens is 530 g/mol. The lowest BCUT2D eigenvalue weighted by Crippen LogP contribution is -2.59. The molecule has 0 aromatic heterocycles. The van der Waals surface area contributed by atoms with Crippen LogP contribution in [0.5, 0.6) is 0 Å². The zero-order valence-electron chi connectivity index (χ0n) is 28.2. The molecule has 1 aromatic rings. The highest BCUT2D eigenvalue weighted by Crippen LogP contribution is 2.69. The average Bonchev–Trinajstić information content (AvgIpc) is 3.36. The fourth-order valence-electron chi connectivity index (χ4n) is 11.0. The van der Waals surface area contributed by atoms with Gasteiger partial charge in [0.1, 0.15) is 0 Å². The number of nitrogens with zero attached hydrogens (tertiary/aromatic N) is 1. The summed E-state index contributed by atoms with van der Waals surface area (Å²) in [5.74, 6) is 4.76. The van der Waals surface area contributed by atoms with Gasteiger partial charge in [0.25, 0.3) is 0 Å². The predicted octanol–water partition coefficient (Wildman–Crippen LogP) is 7.27. The van der Waals surface area contributed by atoms with E-state index in [1.54, 1.807) is 0 Å². The van der Waals surface area contributed by atoms with Gasteiger partial charge in [0.05, 0.1) is 12.2 Å². The van der Waals surface area contributed by atoms with E-state index in [4.69, 9.17) is 20.9 Å². The van der Waals surface area contributed by atoms with Crippen LogP contribution in [0.15, 0.2) is 30.3 Å². The van der Waals surface area contributed by atoms with Crippen LogP contribution in [0.2, 0.25) is 0 Å². The lowest BCUT2D eigenvalue weighted by molar-refractivity contribution is -0.192. The van der Waals surface area contributed by atoms with Crippen LogP contribution in [0.3, 0.4) is 0 Å². The molecule has 0 aliphatic heterocycles. The van der Waals surface area contributed by atoms with E-state index in [2.05, 4.69) is 63.1 Å². The molecule has 10 atom stereocenters. The topological polar surface area (TPSA) is 73.7 Å². The third kappa shape index (κ3) is 7.22. The fourth-order valence-corrected chi connectivity index (χ4v) is 11.0. The second-order valence-electron chi connectivity index (χ2n) is 15.7. The first-order chi connectivity index (χ1) is 20.8. The molecular formula is C38H65N3O2. The summed E-state index contributed by atoms with van der Waals surface area (Å²) in [4.78, 5) is 2.50. The Morgan fingerprint density at radius 3 is 2.37 bits per heavy atom. The molecule has 0 radical (unpaired) electrons. The van der Waals surface area contributed by atoms with E-state index in [0.717, 1.165) is 81.2 Å². The molecule has 244 valence electrons. The van der Waals surface area contributed by atoms with Crippen molar-refractivity contribution >= 4 is 0 Å². The van der Waals surface area contributed by atoms with Crippen molar-refractivity contribution in [3.8, 4) is 0 Å². The summed E-state index contributed by atoms with van der Waals surface area (Å²) in [7, 11) is 2.28. The molecule has 4 N–H and O–H groups in total. The Balaban J connectivity index is 1.25. The zero-order valence-corrected chi connectivity index (χ0v) is 28.2. The molecule has 0 saturated heterocycles. The maximum absolute atomic E-state index is 6.97. The van der Waals surface area contributed by atoms with Crippen molar-refractivity contribution in [3.05, 3.63) is 35.9 Å². The molecule has 5 heteroatoms. The first kappa shape index (κ1) is 33.4. The van der Waals surface area contributed by atoms with Crippen LogP contribution in [-0.4, -0.2) is 57.0 Å². The standard InChI is InChI=1S/C38H65N3O2/c1-28(11-8-22-41(4)27-29-12-6-5-7-13-29)33-16-17-34-32-15-14-30-25-31(42-23-9-20-39)18-19-37(30,2)35(32)26-36(38(33,34)3)43-24-10-21-40/h5-7,12-13,28,30-36H,8-11,14-27,39-40H2,1-4H3/t28?,30?,31-,32?,33?,34+,35+,36+,37+,38-/m1/s1. The van der Waals surface area contributed by atoms with Crippen molar-refractivity contribution in [2.24, 2.45) is 57.8 Å². The molecule has 4 unspecified atom stereocenters. The minimum Gasteiger partial charge on any atom is -0.378 e. The number of hydrogen-bond donors (Lipinski definition) is 2. The van der Waals surface area contributed by atoms with Gasteiger partial charge in [0.2, 0.25) is 0 Å². The highest BCUT2D eigenvalue weighted by molar-refractivity contribution is 5.15. The maximum atomic E-state index is 6.97. The lowest BCUT2D eigenvalue weighted by Gasteiger charge is -2.63. The van der Waals surface area contributed by atoms with E-state index in [0.29, 0.717) is 17.6 Å². The van der Waals surface area contributed by atoms with Gasteiger partial charge >= 0.3 is 0 Å². The van der Waals surface area contributed by atoms with Gasteiger partial charge in [-0.1, -0.05) is 51.1 Å². The Hall–Kier alpha value is -0.980. The number of hydrogen-bond acceptors (Lipinski definition) is 5. The predicted molar refractivity (Wildman–Crippen MR) is 179 cm³/mol. The summed E-state index contributed by atoms with van der Waals surface area (Å²) in [6.07, 6.45) is 16.0. The SMILES string of the molecule is CC(CCCN(C)Cc1ccccc1)C1CC[C@H]2C3CCC4C[C@H](OCCCN)CC[C@]4(C)[C@H]3C[C@H](OCCCN)[C@]12C. The average molecular weight is 596 g/mol. The van der Waals surface area contributed by atoms with Gasteiger partial charge in [-0.2, -0.15) is 0 Å². The fraction of sp³-hybridized carbons (Fsp3) is 0.842. The molecule has 4 aliphatic carbocycles. The monoisotopic (exact) mass is 596 g/mol. The molecule has 0 amide bonds. The van der Waals surface area contributed by atoms with Gasteiger partial charge in [-0.25, -0.2) is 0 Å². The minimum absolute atomic E-state index is 0.289. The molecule has 5 rings (SSSR count). The second kappa shape index (κ2) is 15.1. The largest absolute Gasteiger partial charge is 0.378 e. The Bertz CT molecular complexity index is 975. The molecule has 0 spiro atoms. The summed E-state index contributed by atoms with van der Waals surface area (Å²) in [5.41, 5.74) is 13.8. The summed E-state index contributed by atoms with van der Waals surface area (Å²) in [6, 6.07) is 10.9. The molecule has 0 bridgehead atoms. The number of fused-ring (bicyclic) bond motifs is 5. The van der Waals surface area contributed by atoms with E-state index >= 15 is 0 Å². The van der Waals surface area contributed by atoms with Crippen LogP contribution in [0.1, 0.15) is 103 Å². The third-order valence-corrected chi connectivity index (χ3v) is 13.3. The molecule has 1 aromatic carbocycles. The zero-order chi connectivity index (χ0) is 30.5. The smallest absolute Gasteiger partial charge is 0.0637 e. The number of ether oxygens (including phenoxy) is 2. The van der Waals surface area contributed by atoms with Crippen molar-refractivity contribution in [2.45, 2.75) is 117 Å². The Morgan fingerprint density at radius 1 is 0.884 bits per heavy atom. The summed E-state index contributed by atoms with van der Waals surface area (Å²) < 4.78 is 13.3. The van der Waals surface area contributed by atoms with Crippen LogP contribution in [0.25, 0.3) is 0 Å². The van der Waals surface area contributed by atoms with E-state index in [-0.39, 0.29) is 5.41 Å². The molecule has 5 nitrogen and oxygen atoms in total. The molecule has 4 fully saturated rings. The summed E-state index contributed by atoms with van der Waals surface area (Å²) >= 11 is 0. The number of nitrogens with two attached hydrogens (primary N) is 2. The van der Waals surface area contributed by atoms with Crippen molar-refractivity contribution < 1.29 is 9.47 Å². The highest BCUT2D eigenvalue weighted by Gasteiger charge is 2.64. The van der Waals surface area contributed by atoms with Crippen LogP contribution in [0, 0.1) is 46.3 Å². The Morgan fingerprint density at radius 2 is 1.63 bits per heavy atom. The van der Waals surface area contributed by atoms with Crippen molar-refractivity contribution in [3.63, 3.8) is 0 Å². The van der Waals surface area contributed by atoms with Gasteiger partial charge in [0, 0.05) is 19.8 Å². The minimum atomic E-state index is 0.289. The highest BCUT2D eigenvalue weighted by atomic mass is 16.5. The van der Waals surface area contributed by atoms with Crippen LogP contribution < -0.4 is 11.5 Å². The van der Waals surface area contributed by atoms with E-state index < -0.39 is 0 Å². The molecule has 4 saturated carbocycles. The van der Waals surface area contributed by atoms with Crippen LogP contribution in [-0.2, 0) is 16.0 Å². The maximum Gasteiger partial charge on any atom is 0.0637 e. The normalized spacial score (nSPS) is 38.0. The third-order valence-electron chi connectivity index (χ3n) is 13.3. The van der Waals surface area contributed by atoms with Crippen molar-refractivity contribution in [1.82, 2.24) is 4.90 Å².